The zero-order valence-corrected chi connectivity index (χ0v) is 10.8. The van der Waals surface area contributed by atoms with Crippen molar-refractivity contribution in [3.8, 4) is 0 Å². The fraction of sp³-hybridized carbons (Fsp3) is 0.333. The summed E-state index contributed by atoms with van der Waals surface area (Å²) in [6.45, 7) is 2.10. The third kappa shape index (κ3) is 2.48. The lowest BCUT2D eigenvalue weighted by molar-refractivity contribution is -0.142. The van der Waals surface area contributed by atoms with Crippen LogP contribution in [0.2, 0.25) is 5.02 Å². The third-order valence-corrected chi connectivity index (χ3v) is 3.92. The van der Waals surface area contributed by atoms with E-state index in [4.69, 9.17) is 16.3 Å². The van der Waals surface area contributed by atoms with Crippen molar-refractivity contribution in [2.45, 2.75) is 12.2 Å². The van der Waals surface area contributed by atoms with Gasteiger partial charge in [-0.15, -0.1) is 11.8 Å². The van der Waals surface area contributed by atoms with E-state index in [9.17, 15) is 9.59 Å². The maximum absolute atomic E-state index is 11.8. The quantitative estimate of drug-likeness (QED) is 0.775. The van der Waals surface area contributed by atoms with Gasteiger partial charge in [0.05, 0.1) is 12.4 Å². The standard InChI is InChI=1S/C12H11ClO3S/c1-2-16-12(15)11-8-4-3-7(13)5-9(8)10(14)6-17-11/h3-5,11H,2,6H2,1H3. The predicted molar refractivity (Wildman–Crippen MR) is 67.6 cm³/mol. The van der Waals surface area contributed by atoms with Gasteiger partial charge in [-0.1, -0.05) is 17.7 Å². The summed E-state index contributed by atoms with van der Waals surface area (Å²) in [7, 11) is 0. The Hall–Kier alpha value is -1.00. The zero-order valence-electron chi connectivity index (χ0n) is 9.23. The number of fused-ring (bicyclic) bond motifs is 1. The number of benzene rings is 1. The number of ether oxygens (including phenoxy) is 1. The van der Waals surface area contributed by atoms with Gasteiger partial charge in [-0.05, 0) is 24.6 Å². The van der Waals surface area contributed by atoms with Crippen molar-refractivity contribution in [3.63, 3.8) is 0 Å². The molecule has 0 bridgehead atoms. The van der Waals surface area contributed by atoms with E-state index in [1.54, 1.807) is 25.1 Å². The number of rotatable bonds is 2. The molecule has 0 radical (unpaired) electrons. The highest BCUT2D eigenvalue weighted by Gasteiger charge is 2.32. The Labute approximate surface area is 108 Å². The summed E-state index contributed by atoms with van der Waals surface area (Å²) < 4.78 is 5.00. The van der Waals surface area contributed by atoms with E-state index < -0.39 is 5.25 Å². The molecular weight excluding hydrogens is 260 g/mol. The summed E-state index contributed by atoms with van der Waals surface area (Å²) >= 11 is 7.16. The topological polar surface area (TPSA) is 43.4 Å². The molecule has 0 amide bonds. The van der Waals surface area contributed by atoms with Crippen LogP contribution in [-0.4, -0.2) is 24.1 Å². The van der Waals surface area contributed by atoms with Gasteiger partial charge in [0, 0.05) is 10.6 Å². The fourth-order valence-electron chi connectivity index (χ4n) is 1.74. The first-order valence-electron chi connectivity index (χ1n) is 5.24. The van der Waals surface area contributed by atoms with Gasteiger partial charge < -0.3 is 4.74 Å². The van der Waals surface area contributed by atoms with Gasteiger partial charge in [0.2, 0.25) is 0 Å². The van der Waals surface area contributed by atoms with E-state index in [1.165, 1.54) is 11.8 Å². The summed E-state index contributed by atoms with van der Waals surface area (Å²) in [5, 5.41) is 0.0894. The van der Waals surface area contributed by atoms with E-state index in [2.05, 4.69) is 0 Å². The molecule has 1 aliphatic heterocycles. The highest BCUT2D eigenvalue weighted by molar-refractivity contribution is 8.01. The summed E-state index contributed by atoms with van der Waals surface area (Å²) in [6, 6.07) is 5.03. The fourth-order valence-corrected chi connectivity index (χ4v) is 2.97. The van der Waals surface area contributed by atoms with Crippen LogP contribution in [0.15, 0.2) is 18.2 Å². The molecule has 3 nitrogen and oxygen atoms in total. The molecule has 0 saturated heterocycles. The minimum atomic E-state index is -0.417. The Morgan fingerprint density at radius 2 is 2.35 bits per heavy atom. The summed E-state index contributed by atoms with van der Waals surface area (Å²) in [6.07, 6.45) is 0. The van der Waals surface area contributed by atoms with Crippen LogP contribution in [0.4, 0.5) is 0 Å². The number of hydrogen-bond acceptors (Lipinski definition) is 4. The molecule has 2 rings (SSSR count). The van der Waals surface area contributed by atoms with Crippen molar-refractivity contribution in [3.05, 3.63) is 34.3 Å². The molecule has 1 aromatic rings. The number of carbonyl (C=O) groups excluding carboxylic acids is 2. The number of carbonyl (C=O) groups is 2. The van der Waals surface area contributed by atoms with Crippen LogP contribution in [-0.2, 0) is 9.53 Å². The lowest BCUT2D eigenvalue weighted by atomic mass is 10.0. The van der Waals surface area contributed by atoms with Crippen LogP contribution in [0.25, 0.3) is 0 Å². The summed E-state index contributed by atoms with van der Waals surface area (Å²) in [4.78, 5) is 23.5. The molecule has 0 saturated carbocycles. The van der Waals surface area contributed by atoms with Crippen molar-refractivity contribution >= 4 is 35.1 Å². The molecule has 1 atom stereocenters. The molecule has 0 aliphatic carbocycles. The average molecular weight is 271 g/mol. The highest BCUT2D eigenvalue weighted by atomic mass is 35.5. The molecule has 1 aliphatic rings. The molecule has 5 heteroatoms. The smallest absolute Gasteiger partial charge is 0.323 e. The first-order valence-corrected chi connectivity index (χ1v) is 6.67. The molecule has 1 unspecified atom stereocenters. The highest BCUT2D eigenvalue weighted by Crippen LogP contribution is 2.38. The van der Waals surface area contributed by atoms with E-state index >= 15 is 0 Å². The minimum Gasteiger partial charge on any atom is -0.465 e. The Balaban J connectivity index is 2.39. The maximum Gasteiger partial charge on any atom is 0.323 e. The first kappa shape index (κ1) is 12.5. The van der Waals surface area contributed by atoms with Gasteiger partial charge in [-0.2, -0.15) is 0 Å². The first-order chi connectivity index (χ1) is 8.13. The Kier molecular flexibility index (Phi) is 3.74. The molecule has 0 fully saturated rings. The Bertz CT molecular complexity index is 473. The monoisotopic (exact) mass is 270 g/mol. The minimum absolute atomic E-state index is 0.00745. The number of esters is 1. The molecule has 17 heavy (non-hydrogen) atoms. The zero-order chi connectivity index (χ0) is 12.4. The molecule has 1 aromatic carbocycles. The van der Waals surface area contributed by atoms with Crippen LogP contribution in [0, 0.1) is 0 Å². The van der Waals surface area contributed by atoms with Crippen LogP contribution in [0.1, 0.15) is 28.1 Å². The van der Waals surface area contributed by atoms with Crippen molar-refractivity contribution in [2.75, 3.05) is 12.4 Å². The number of hydrogen-bond donors (Lipinski definition) is 0. The van der Waals surface area contributed by atoms with Gasteiger partial charge in [0.1, 0.15) is 5.25 Å². The SMILES string of the molecule is CCOC(=O)C1SCC(=O)c2cc(Cl)ccc21. The normalized spacial score (nSPS) is 18.7. The molecule has 90 valence electrons. The second-order valence-corrected chi connectivity index (χ2v) is 5.13. The van der Waals surface area contributed by atoms with Gasteiger partial charge in [0.15, 0.2) is 5.78 Å². The molecule has 0 aromatic heterocycles. The second kappa shape index (κ2) is 5.10. The van der Waals surface area contributed by atoms with Crippen molar-refractivity contribution in [1.29, 1.82) is 0 Å². The molecular formula is C12H11ClO3S. The van der Waals surface area contributed by atoms with Crippen LogP contribution >= 0.6 is 23.4 Å². The number of halogens is 1. The lowest BCUT2D eigenvalue weighted by Crippen LogP contribution is -2.22. The molecule has 0 spiro atoms. The van der Waals surface area contributed by atoms with E-state index in [0.29, 0.717) is 22.8 Å². The van der Waals surface area contributed by atoms with Crippen molar-refractivity contribution in [1.82, 2.24) is 0 Å². The predicted octanol–water partition coefficient (Wildman–Crippen LogP) is 2.87. The summed E-state index contributed by atoms with van der Waals surface area (Å²) in [5.41, 5.74) is 1.24. The van der Waals surface area contributed by atoms with E-state index in [1.807, 2.05) is 0 Å². The average Bonchev–Trinajstić information content (AvgIpc) is 2.30. The molecule has 1 heterocycles. The van der Waals surface area contributed by atoms with Crippen molar-refractivity contribution in [2.24, 2.45) is 0 Å². The van der Waals surface area contributed by atoms with Gasteiger partial charge in [-0.3, -0.25) is 9.59 Å². The van der Waals surface area contributed by atoms with Crippen LogP contribution < -0.4 is 0 Å². The molecule has 0 N–H and O–H groups in total. The number of thioether (sulfide) groups is 1. The number of Topliss-reactive ketones (excluding diaryl/α,β-unsaturated/α-hetero) is 1. The number of ketones is 1. The Morgan fingerprint density at radius 1 is 1.59 bits per heavy atom. The van der Waals surface area contributed by atoms with Gasteiger partial charge in [0.25, 0.3) is 0 Å². The third-order valence-electron chi connectivity index (χ3n) is 2.48. The van der Waals surface area contributed by atoms with Gasteiger partial charge in [-0.25, -0.2) is 0 Å². The van der Waals surface area contributed by atoms with E-state index in [-0.39, 0.29) is 17.5 Å². The largest absolute Gasteiger partial charge is 0.465 e. The Morgan fingerprint density at radius 3 is 3.06 bits per heavy atom. The second-order valence-electron chi connectivity index (χ2n) is 3.60. The van der Waals surface area contributed by atoms with Crippen LogP contribution in [0.5, 0.6) is 0 Å². The summed E-state index contributed by atoms with van der Waals surface area (Å²) in [5.74, 6) is -0.00165. The van der Waals surface area contributed by atoms with E-state index in [0.717, 1.165) is 0 Å². The van der Waals surface area contributed by atoms with Gasteiger partial charge >= 0.3 is 5.97 Å². The van der Waals surface area contributed by atoms with Crippen LogP contribution in [0.3, 0.4) is 0 Å². The maximum atomic E-state index is 11.8. The lowest BCUT2D eigenvalue weighted by Gasteiger charge is -2.22. The van der Waals surface area contributed by atoms with Crippen molar-refractivity contribution < 1.29 is 14.3 Å².